The van der Waals surface area contributed by atoms with Crippen molar-refractivity contribution in [2.75, 3.05) is 6.54 Å². The molecule has 0 aromatic rings. The van der Waals surface area contributed by atoms with Crippen LogP contribution in [-0.4, -0.2) is 29.8 Å². The van der Waals surface area contributed by atoms with Crippen LogP contribution in [0.15, 0.2) is 0 Å². The van der Waals surface area contributed by atoms with Gasteiger partial charge in [-0.1, -0.05) is 6.92 Å². The van der Waals surface area contributed by atoms with Crippen molar-refractivity contribution < 1.29 is 19.1 Å². The number of alkyl carbamates (subject to hydrolysis) is 1. The number of rotatable bonds is 4. The highest BCUT2D eigenvalue weighted by Gasteiger charge is 2.25. The van der Waals surface area contributed by atoms with Crippen molar-refractivity contribution in [2.45, 2.75) is 66.1 Å². The quantitative estimate of drug-likeness (QED) is 0.800. The Morgan fingerprint density at radius 2 is 1.47 bits per heavy atom. The number of carbonyl (C=O) groups excluding carboxylic acids is 2. The Labute approximate surface area is 116 Å². The first-order valence-corrected chi connectivity index (χ1v) is 6.64. The van der Waals surface area contributed by atoms with E-state index in [1.54, 1.807) is 20.8 Å². The summed E-state index contributed by atoms with van der Waals surface area (Å²) in [4.78, 5) is 23.4. The fourth-order valence-corrected chi connectivity index (χ4v) is 1.30. The molecule has 0 aromatic carbocycles. The van der Waals surface area contributed by atoms with Gasteiger partial charge in [0.05, 0.1) is 5.92 Å². The van der Waals surface area contributed by atoms with Crippen LogP contribution in [-0.2, 0) is 14.3 Å². The number of carbonyl (C=O) groups is 2. The topological polar surface area (TPSA) is 64.6 Å². The van der Waals surface area contributed by atoms with Gasteiger partial charge in [-0.2, -0.15) is 0 Å². The third-order valence-corrected chi connectivity index (χ3v) is 2.12. The van der Waals surface area contributed by atoms with E-state index in [1.165, 1.54) is 0 Å². The zero-order valence-corrected chi connectivity index (χ0v) is 13.1. The lowest BCUT2D eigenvalue weighted by Crippen LogP contribution is -2.39. The highest BCUT2D eigenvalue weighted by atomic mass is 16.6. The fraction of sp³-hybridized carbons (Fsp3) is 0.857. The van der Waals surface area contributed by atoms with Gasteiger partial charge < -0.3 is 14.8 Å². The molecule has 0 bridgehead atoms. The van der Waals surface area contributed by atoms with E-state index in [0.717, 1.165) is 0 Å². The lowest BCUT2D eigenvalue weighted by molar-refractivity contribution is -0.159. The molecule has 0 saturated carbocycles. The lowest BCUT2D eigenvalue weighted by Gasteiger charge is -2.24. The van der Waals surface area contributed by atoms with Crippen molar-refractivity contribution in [3.05, 3.63) is 0 Å². The van der Waals surface area contributed by atoms with Crippen LogP contribution < -0.4 is 5.32 Å². The van der Waals surface area contributed by atoms with Gasteiger partial charge >= 0.3 is 12.1 Å². The Morgan fingerprint density at radius 3 is 1.84 bits per heavy atom. The maximum absolute atomic E-state index is 11.9. The molecule has 0 fully saturated rings. The summed E-state index contributed by atoms with van der Waals surface area (Å²) in [5.41, 5.74) is -1.06. The van der Waals surface area contributed by atoms with Crippen LogP contribution in [0.4, 0.5) is 4.79 Å². The minimum absolute atomic E-state index is 0.223. The second-order valence-electron chi connectivity index (χ2n) is 6.52. The standard InChI is InChI=1S/C14H27NO4/c1-8-10(11(16)18-13(2,3)4)9-15-12(17)19-14(5,6)7/h10H,8-9H2,1-7H3,(H,15,17). The number of nitrogens with one attached hydrogen (secondary N) is 1. The van der Waals surface area contributed by atoms with E-state index in [0.29, 0.717) is 6.42 Å². The van der Waals surface area contributed by atoms with Crippen molar-refractivity contribution in [1.82, 2.24) is 5.32 Å². The van der Waals surface area contributed by atoms with E-state index in [-0.39, 0.29) is 18.4 Å². The second kappa shape index (κ2) is 6.78. The van der Waals surface area contributed by atoms with Crippen LogP contribution in [0.3, 0.4) is 0 Å². The molecule has 0 radical (unpaired) electrons. The molecule has 0 aliphatic rings. The van der Waals surface area contributed by atoms with E-state index in [4.69, 9.17) is 9.47 Å². The van der Waals surface area contributed by atoms with Crippen LogP contribution in [0.25, 0.3) is 0 Å². The van der Waals surface area contributed by atoms with Crippen LogP contribution >= 0.6 is 0 Å². The molecule has 0 aliphatic carbocycles. The number of ether oxygens (including phenoxy) is 2. The molecular formula is C14H27NO4. The van der Waals surface area contributed by atoms with Crippen LogP contribution in [0.2, 0.25) is 0 Å². The summed E-state index contributed by atoms with van der Waals surface area (Å²) in [5, 5.41) is 2.59. The minimum Gasteiger partial charge on any atom is -0.460 e. The molecule has 0 rings (SSSR count). The summed E-state index contributed by atoms with van der Waals surface area (Å²) >= 11 is 0. The third-order valence-electron chi connectivity index (χ3n) is 2.12. The average Bonchev–Trinajstić information content (AvgIpc) is 2.12. The van der Waals surface area contributed by atoms with Gasteiger partial charge in [0.15, 0.2) is 0 Å². The Hall–Kier alpha value is -1.26. The van der Waals surface area contributed by atoms with Gasteiger partial charge in [0, 0.05) is 6.54 Å². The first kappa shape index (κ1) is 17.7. The molecule has 19 heavy (non-hydrogen) atoms. The maximum Gasteiger partial charge on any atom is 0.407 e. The zero-order valence-electron chi connectivity index (χ0n) is 13.1. The van der Waals surface area contributed by atoms with Crippen molar-refractivity contribution in [3.8, 4) is 0 Å². The number of hydrogen-bond donors (Lipinski definition) is 1. The normalized spacial score (nSPS) is 13.6. The van der Waals surface area contributed by atoms with Crippen LogP contribution in [0.1, 0.15) is 54.9 Å². The van der Waals surface area contributed by atoms with Crippen LogP contribution in [0, 0.1) is 5.92 Å². The van der Waals surface area contributed by atoms with Gasteiger partial charge in [0.25, 0.3) is 0 Å². The van der Waals surface area contributed by atoms with Gasteiger partial charge in [-0.15, -0.1) is 0 Å². The Bertz CT molecular complexity index is 312. The lowest BCUT2D eigenvalue weighted by atomic mass is 10.1. The van der Waals surface area contributed by atoms with Crippen molar-refractivity contribution in [2.24, 2.45) is 5.92 Å². The van der Waals surface area contributed by atoms with E-state index in [9.17, 15) is 9.59 Å². The molecule has 1 atom stereocenters. The van der Waals surface area contributed by atoms with Crippen molar-refractivity contribution in [1.29, 1.82) is 0 Å². The summed E-state index contributed by atoms with van der Waals surface area (Å²) < 4.78 is 10.4. The molecule has 112 valence electrons. The molecule has 1 amide bonds. The number of hydrogen-bond acceptors (Lipinski definition) is 4. The summed E-state index contributed by atoms with van der Waals surface area (Å²) in [7, 11) is 0. The Balaban J connectivity index is 4.28. The van der Waals surface area contributed by atoms with Crippen LogP contribution in [0.5, 0.6) is 0 Å². The second-order valence-corrected chi connectivity index (χ2v) is 6.52. The largest absolute Gasteiger partial charge is 0.460 e. The first-order chi connectivity index (χ1) is 8.44. The monoisotopic (exact) mass is 273 g/mol. The van der Waals surface area contributed by atoms with Gasteiger partial charge in [0.2, 0.25) is 0 Å². The van der Waals surface area contributed by atoms with Gasteiger partial charge in [-0.05, 0) is 48.0 Å². The molecule has 5 heteroatoms. The predicted molar refractivity (Wildman–Crippen MR) is 73.9 cm³/mol. The summed E-state index contributed by atoms with van der Waals surface area (Å²) in [6, 6.07) is 0. The summed E-state index contributed by atoms with van der Waals surface area (Å²) in [6.45, 7) is 12.9. The van der Waals surface area contributed by atoms with Crippen molar-refractivity contribution >= 4 is 12.1 Å². The molecule has 0 aromatic heterocycles. The molecule has 1 N–H and O–H groups in total. The molecule has 5 nitrogen and oxygen atoms in total. The van der Waals surface area contributed by atoms with E-state index >= 15 is 0 Å². The highest BCUT2D eigenvalue weighted by Crippen LogP contribution is 2.13. The molecule has 0 heterocycles. The van der Waals surface area contributed by atoms with Gasteiger partial charge in [-0.25, -0.2) is 4.79 Å². The highest BCUT2D eigenvalue weighted by molar-refractivity contribution is 5.74. The zero-order chi connectivity index (χ0) is 15.3. The maximum atomic E-state index is 11.9. The summed E-state index contributed by atoms with van der Waals surface area (Å²) in [6.07, 6.45) is 0.0829. The molecule has 0 spiro atoms. The fourth-order valence-electron chi connectivity index (χ4n) is 1.30. The van der Waals surface area contributed by atoms with Gasteiger partial charge in [-0.3, -0.25) is 4.79 Å². The SMILES string of the molecule is CCC(CNC(=O)OC(C)(C)C)C(=O)OC(C)(C)C. The number of esters is 1. The Kier molecular flexibility index (Phi) is 6.33. The molecule has 0 aliphatic heterocycles. The van der Waals surface area contributed by atoms with E-state index in [2.05, 4.69) is 5.32 Å². The minimum atomic E-state index is -0.544. The average molecular weight is 273 g/mol. The summed E-state index contributed by atoms with van der Waals surface area (Å²) in [5.74, 6) is -0.655. The molecule has 0 saturated heterocycles. The smallest absolute Gasteiger partial charge is 0.407 e. The first-order valence-electron chi connectivity index (χ1n) is 6.64. The van der Waals surface area contributed by atoms with Gasteiger partial charge in [0.1, 0.15) is 11.2 Å². The molecular weight excluding hydrogens is 246 g/mol. The third kappa shape index (κ3) is 9.33. The molecule has 1 unspecified atom stereocenters. The van der Waals surface area contributed by atoms with Crippen molar-refractivity contribution in [3.63, 3.8) is 0 Å². The van der Waals surface area contributed by atoms with E-state index in [1.807, 2.05) is 27.7 Å². The number of amides is 1. The van der Waals surface area contributed by atoms with E-state index < -0.39 is 17.3 Å². The Morgan fingerprint density at radius 1 is 1.00 bits per heavy atom. The predicted octanol–water partition coefficient (Wildman–Crippen LogP) is 2.88.